The minimum Gasteiger partial charge on any atom is -0.445 e. The summed E-state index contributed by atoms with van der Waals surface area (Å²) in [4.78, 5) is 9.71. The molecule has 4 heteroatoms. The van der Waals surface area contributed by atoms with Crippen LogP contribution in [0.4, 0.5) is 10.5 Å². The molecule has 0 saturated heterocycles. The Morgan fingerprint density at radius 3 is 2.44 bits per heavy atom. The summed E-state index contributed by atoms with van der Waals surface area (Å²) in [6, 6.07) is 5.95. The van der Waals surface area contributed by atoms with E-state index in [4.69, 9.17) is 5.73 Å². The van der Waals surface area contributed by atoms with Crippen LogP contribution in [-0.4, -0.2) is 12.7 Å². The van der Waals surface area contributed by atoms with Crippen molar-refractivity contribution >= 4 is 11.8 Å². The summed E-state index contributed by atoms with van der Waals surface area (Å²) in [7, 11) is 0. The van der Waals surface area contributed by atoms with E-state index in [9.17, 15) is 4.79 Å². The number of nitrogen functional groups attached to an aromatic ring is 1. The van der Waals surface area contributed by atoms with Gasteiger partial charge in [-0.2, -0.15) is 0 Å². The number of carbonyl (C=O) groups is 1. The number of primary amides is 1. The van der Waals surface area contributed by atoms with E-state index in [1.165, 1.54) is 17.2 Å². The van der Waals surface area contributed by atoms with Gasteiger partial charge in [-0.1, -0.05) is 24.8 Å². The van der Waals surface area contributed by atoms with Gasteiger partial charge in [0, 0.05) is 5.69 Å². The molecule has 0 fully saturated rings. The fourth-order valence-corrected chi connectivity index (χ4v) is 0.915. The number of aryl methyl sites for hydroxylation is 1. The van der Waals surface area contributed by atoms with Crippen molar-refractivity contribution in [1.29, 1.82) is 0 Å². The van der Waals surface area contributed by atoms with Gasteiger partial charge in [-0.25, -0.2) is 4.79 Å². The normalized spacial score (nSPS) is 8.62. The fourth-order valence-electron chi connectivity index (χ4n) is 0.915. The van der Waals surface area contributed by atoms with Crippen LogP contribution >= 0.6 is 0 Å². The first-order valence-electron chi connectivity index (χ1n) is 4.83. The summed E-state index contributed by atoms with van der Waals surface area (Å²) >= 11 is 0. The molecule has 0 bridgehead atoms. The summed E-state index contributed by atoms with van der Waals surface area (Å²) in [5, 5.41) is 0. The van der Waals surface area contributed by atoms with Gasteiger partial charge in [-0.05, 0) is 31.0 Å². The summed E-state index contributed by atoms with van der Waals surface area (Å²) in [6.07, 6.45) is 0.685. The first-order valence-corrected chi connectivity index (χ1v) is 4.83. The zero-order chi connectivity index (χ0) is 12.6. The molecule has 0 heterocycles. The average molecular weight is 222 g/mol. The lowest BCUT2D eigenvalue weighted by Gasteiger charge is -2.00. The molecule has 1 amide bonds. The Bertz CT molecular complexity index is 342. The SMILES string of the molecule is C=CCOC(N)=O.Cc1cccc(N)c1C. The number of anilines is 1. The largest absolute Gasteiger partial charge is 0.445 e. The van der Waals surface area contributed by atoms with Crippen LogP contribution in [0, 0.1) is 13.8 Å². The van der Waals surface area contributed by atoms with Crippen LogP contribution in [0.5, 0.6) is 0 Å². The predicted molar refractivity (Wildman–Crippen MR) is 66.1 cm³/mol. The Balaban J connectivity index is 0.000000293. The van der Waals surface area contributed by atoms with Crippen molar-refractivity contribution < 1.29 is 9.53 Å². The molecule has 88 valence electrons. The standard InChI is InChI=1S/C8H11N.C4H7NO2/c1-6-4-3-5-8(9)7(6)2;1-2-3-7-4(5)6/h3-5H,9H2,1-2H3;2H,1,3H2,(H2,5,6). The molecule has 0 radical (unpaired) electrons. The van der Waals surface area contributed by atoms with E-state index in [1.807, 2.05) is 19.1 Å². The molecule has 16 heavy (non-hydrogen) atoms. The van der Waals surface area contributed by atoms with Crippen LogP contribution in [0.3, 0.4) is 0 Å². The first kappa shape index (κ1) is 14.0. The second-order valence-electron chi connectivity index (χ2n) is 3.21. The molecule has 1 aromatic rings. The number of rotatable bonds is 2. The third-order valence-corrected chi connectivity index (χ3v) is 1.99. The van der Waals surface area contributed by atoms with Crippen molar-refractivity contribution in [1.82, 2.24) is 0 Å². The number of amides is 1. The minimum atomic E-state index is -0.764. The molecule has 1 aromatic carbocycles. The van der Waals surface area contributed by atoms with Crippen LogP contribution in [0.25, 0.3) is 0 Å². The number of carbonyl (C=O) groups excluding carboxylic acids is 1. The van der Waals surface area contributed by atoms with Gasteiger partial charge in [0.25, 0.3) is 0 Å². The predicted octanol–water partition coefficient (Wildman–Crippen LogP) is 2.15. The van der Waals surface area contributed by atoms with Crippen molar-refractivity contribution in [3.8, 4) is 0 Å². The smallest absolute Gasteiger partial charge is 0.404 e. The zero-order valence-corrected chi connectivity index (χ0v) is 9.69. The molecular formula is C12H18N2O2. The summed E-state index contributed by atoms with van der Waals surface area (Å²) in [5.41, 5.74) is 13.5. The van der Waals surface area contributed by atoms with E-state index < -0.39 is 6.09 Å². The Morgan fingerprint density at radius 2 is 2.12 bits per heavy atom. The Labute approximate surface area is 95.9 Å². The molecule has 0 spiro atoms. The van der Waals surface area contributed by atoms with E-state index in [0.29, 0.717) is 0 Å². The summed E-state index contributed by atoms with van der Waals surface area (Å²) in [5.74, 6) is 0. The zero-order valence-electron chi connectivity index (χ0n) is 9.69. The van der Waals surface area contributed by atoms with Crippen LogP contribution in [0.15, 0.2) is 30.9 Å². The number of hydrogen-bond acceptors (Lipinski definition) is 3. The highest BCUT2D eigenvalue weighted by Gasteiger charge is 1.92. The molecule has 4 nitrogen and oxygen atoms in total. The quantitative estimate of drug-likeness (QED) is 0.594. The molecule has 0 aliphatic rings. The number of hydrogen-bond donors (Lipinski definition) is 2. The Morgan fingerprint density at radius 1 is 1.50 bits per heavy atom. The van der Waals surface area contributed by atoms with Gasteiger partial charge in [-0.3, -0.25) is 0 Å². The van der Waals surface area contributed by atoms with Crippen LogP contribution in [-0.2, 0) is 4.74 Å². The monoisotopic (exact) mass is 222 g/mol. The van der Waals surface area contributed by atoms with E-state index in [0.717, 1.165) is 5.69 Å². The van der Waals surface area contributed by atoms with Gasteiger partial charge < -0.3 is 16.2 Å². The fraction of sp³-hybridized carbons (Fsp3) is 0.250. The molecule has 0 atom stereocenters. The van der Waals surface area contributed by atoms with Crippen molar-refractivity contribution in [3.05, 3.63) is 42.0 Å². The van der Waals surface area contributed by atoms with Crippen molar-refractivity contribution in [2.75, 3.05) is 12.3 Å². The van der Waals surface area contributed by atoms with Crippen molar-refractivity contribution in [2.45, 2.75) is 13.8 Å². The molecule has 1 rings (SSSR count). The lowest BCUT2D eigenvalue weighted by atomic mass is 10.1. The molecule has 0 aliphatic carbocycles. The second-order valence-corrected chi connectivity index (χ2v) is 3.21. The minimum absolute atomic E-state index is 0.190. The van der Waals surface area contributed by atoms with Gasteiger partial charge in [0.1, 0.15) is 6.61 Å². The number of ether oxygens (including phenoxy) is 1. The Kier molecular flexibility index (Phi) is 6.43. The van der Waals surface area contributed by atoms with E-state index in [1.54, 1.807) is 0 Å². The van der Waals surface area contributed by atoms with Gasteiger partial charge in [0.05, 0.1) is 0 Å². The topological polar surface area (TPSA) is 78.3 Å². The van der Waals surface area contributed by atoms with Crippen LogP contribution in [0.2, 0.25) is 0 Å². The molecule has 0 aromatic heterocycles. The van der Waals surface area contributed by atoms with Crippen molar-refractivity contribution in [2.24, 2.45) is 5.73 Å². The summed E-state index contributed by atoms with van der Waals surface area (Å²) < 4.78 is 4.21. The molecule has 4 N–H and O–H groups in total. The first-order chi connectivity index (χ1) is 7.49. The van der Waals surface area contributed by atoms with Gasteiger partial charge >= 0.3 is 6.09 Å². The van der Waals surface area contributed by atoms with Crippen LogP contribution in [0.1, 0.15) is 11.1 Å². The number of nitrogens with two attached hydrogens (primary N) is 2. The molecule has 0 unspecified atom stereocenters. The van der Waals surface area contributed by atoms with E-state index in [-0.39, 0.29) is 6.61 Å². The average Bonchev–Trinajstić information content (AvgIpc) is 2.24. The lowest BCUT2D eigenvalue weighted by Crippen LogP contribution is -2.12. The van der Waals surface area contributed by atoms with E-state index in [2.05, 4.69) is 30.0 Å². The maximum Gasteiger partial charge on any atom is 0.404 e. The van der Waals surface area contributed by atoms with Gasteiger partial charge in [-0.15, -0.1) is 0 Å². The van der Waals surface area contributed by atoms with Crippen molar-refractivity contribution in [3.63, 3.8) is 0 Å². The highest BCUT2D eigenvalue weighted by Crippen LogP contribution is 2.13. The summed E-state index contributed by atoms with van der Waals surface area (Å²) in [6.45, 7) is 7.58. The lowest BCUT2D eigenvalue weighted by molar-refractivity contribution is 0.169. The maximum atomic E-state index is 9.71. The Hall–Kier alpha value is -1.97. The maximum absolute atomic E-state index is 9.71. The highest BCUT2D eigenvalue weighted by atomic mass is 16.5. The van der Waals surface area contributed by atoms with Gasteiger partial charge in [0.15, 0.2) is 0 Å². The van der Waals surface area contributed by atoms with Gasteiger partial charge in [0.2, 0.25) is 0 Å². The third kappa shape index (κ3) is 5.70. The number of benzene rings is 1. The highest BCUT2D eigenvalue weighted by molar-refractivity contribution is 5.64. The van der Waals surface area contributed by atoms with Crippen LogP contribution < -0.4 is 11.5 Å². The third-order valence-electron chi connectivity index (χ3n) is 1.99. The molecule has 0 saturated carbocycles. The second kappa shape index (κ2) is 7.34. The molecule has 0 aliphatic heterocycles. The van der Waals surface area contributed by atoms with E-state index >= 15 is 0 Å². The molecular weight excluding hydrogens is 204 g/mol.